The number of aliphatic carboxylic acids is 1. The second kappa shape index (κ2) is 4.90. The Hall–Kier alpha value is -1.46. The third-order valence-electron chi connectivity index (χ3n) is 4.75. The van der Waals surface area contributed by atoms with Crippen molar-refractivity contribution in [2.45, 2.75) is 63.8 Å². The minimum Gasteiger partial charge on any atom is -0.481 e. The van der Waals surface area contributed by atoms with E-state index in [2.05, 4.69) is 15.5 Å². The van der Waals surface area contributed by atoms with Gasteiger partial charge < -0.3 is 5.11 Å². The van der Waals surface area contributed by atoms with Crippen molar-refractivity contribution in [2.75, 3.05) is 0 Å². The Labute approximate surface area is 112 Å². The maximum Gasteiger partial charge on any atom is 0.311 e. The summed E-state index contributed by atoms with van der Waals surface area (Å²) >= 11 is 0. The van der Waals surface area contributed by atoms with Gasteiger partial charge in [-0.05, 0) is 36.1 Å². The van der Waals surface area contributed by atoms with Gasteiger partial charge in [0.25, 0.3) is 0 Å². The number of aromatic nitrogens is 4. The number of tetrazole rings is 1. The average molecular weight is 264 g/mol. The predicted molar refractivity (Wildman–Crippen MR) is 67.6 cm³/mol. The molecule has 104 valence electrons. The molecule has 3 rings (SSSR count). The van der Waals surface area contributed by atoms with Crippen molar-refractivity contribution in [3.05, 3.63) is 5.82 Å². The Morgan fingerprint density at radius 2 is 1.95 bits per heavy atom. The van der Waals surface area contributed by atoms with Gasteiger partial charge >= 0.3 is 5.97 Å². The van der Waals surface area contributed by atoms with Crippen molar-refractivity contribution in [1.29, 1.82) is 0 Å². The van der Waals surface area contributed by atoms with Gasteiger partial charge in [0, 0.05) is 5.92 Å². The fourth-order valence-electron chi connectivity index (χ4n) is 3.58. The first-order valence-corrected chi connectivity index (χ1v) is 7.21. The molecule has 1 N–H and O–H groups in total. The lowest BCUT2D eigenvalue weighted by Crippen LogP contribution is -2.34. The van der Waals surface area contributed by atoms with Crippen LogP contribution in [-0.4, -0.2) is 31.3 Å². The summed E-state index contributed by atoms with van der Waals surface area (Å²) in [7, 11) is 0. The maximum absolute atomic E-state index is 11.6. The number of carboxylic acids is 1. The molecule has 0 amide bonds. The Bertz CT molecular complexity index is 459. The highest BCUT2D eigenvalue weighted by molar-refractivity contribution is 5.74. The van der Waals surface area contributed by atoms with Crippen molar-refractivity contribution in [1.82, 2.24) is 20.2 Å². The molecular weight excluding hydrogens is 244 g/mol. The molecule has 1 aromatic heterocycles. The van der Waals surface area contributed by atoms with Gasteiger partial charge in [0.1, 0.15) is 0 Å². The van der Waals surface area contributed by atoms with Gasteiger partial charge in [-0.25, -0.2) is 4.68 Å². The summed E-state index contributed by atoms with van der Waals surface area (Å²) in [6, 6.07) is 0. The standard InChI is InChI=1S/C13H20N4O2/c18-12(19)13(7-3-4-8-13)9-17-11(14-15-16-17)10-5-1-2-6-10/h10H,1-9H2,(H,18,19). The van der Waals surface area contributed by atoms with Crippen LogP contribution in [0.2, 0.25) is 0 Å². The van der Waals surface area contributed by atoms with Crippen molar-refractivity contribution in [3.63, 3.8) is 0 Å². The van der Waals surface area contributed by atoms with Gasteiger partial charge in [0.2, 0.25) is 0 Å². The Balaban J connectivity index is 1.82. The number of carboxylic acid groups (broad SMARTS) is 1. The van der Waals surface area contributed by atoms with Crippen molar-refractivity contribution >= 4 is 5.97 Å². The fraction of sp³-hybridized carbons (Fsp3) is 0.846. The van der Waals surface area contributed by atoms with E-state index in [4.69, 9.17) is 0 Å². The number of hydrogen-bond donors (Lipinski definition) is 1. The van der Waals surface area contributed by atoms with Gasteiger partial charge in [0.15, 0.2) is 5.82 Å². The minimum atomic E-state index is -0.696. The monoisotopic (exact) mass is 264 g/mol. The molecule has 1 aromatic rings. The van der Waals surface area contributed by atoms with Gasteiger partial charge in [0.05, 0.1) is 12.0 Å². The van der Waals surface area contributed by atoms with E-state index in [-0.39, 0.29) is 0 Å². The van der Waals surface area contributed by atoms with E-state index < -0.39 is 11.4 Å². The van der Waals surface area contributed by atoms with Gasteiger partial charge in [-0.1, -0.05) is 25.7 Å². The first-order chi connectivity index (χ1) is 9.21. The molecule has 0 unspecified atom stereocenters. The van der Waals surface area contributed by atoms with Gasteiger partial charge in [-0.2, -0.15) is 0 Å². The quantitative estimate of drug-likeness (QED) is 0.899. The predicted octanol–water partition coefficient (Wildman–Crippen LogP) is 1.98. The van der Waals surface area contributed by atoms with Crippen LogP contribution < -0.4 is 0 Å². The lowest BCUT2D eigenvalue weighted by Gasteiger charge is -2.24. The summed E-state index contributed by atoms with van der Waals surface area (Å²) in [6.07, 6.45) is 8.17. The molecular formula is C13H20N4O2. The van der Waals surface area contributed by atoms with Crippen LogP contribution in [0.5, 0.6) is 0 Å². The van der Waals surface area contributed by atoms with Crippen molar-refractivity contribution < 1.29 is 9.90 Å². The minimum absolute atomic E-state index is 0.419. The van der Waals surface area contributed by atoms with E-state index in [1.54, 1.807) is 4.68 Å². The lowest BCUT2D eigenvalue weighted by atomic mass is 9.86. The maximum atomic E-state index is 11.6. The average Bonchev–Trinajstić information content (AvgIpc) is 3.09. The third kappa shape index (κ3) is 2.24. The van der Waals surface area contributed by atoms with E-state index in [1.165, 1.54) is 12.8 Å². The highest BCUT2D eigenvalue weighted by Crippen LogP contribution is 2.41. The Morgan fingerprint density at radius 1 is 1.26 bits per heavy atom. The molecule has 0 saturated heterocycles. The van der Waals surface area contributed by atoms with Crippen molar-refractivity contribution in [2.24, 2.45) is 5.41 Å². The summed E-state index contributed by atoms with van der Waals surface area (Å²) in [4.78, 5) is 11.6. The van der Waals surface area contributed by atoms with E-state index in [0.717, 1.165) is 44.3 Å². The van der Waals surface area contributed by atoms with Gasteiger partial charge in [-0.15, -0.1) is 5.10 Å². The molecule has 6 heteroatoms. The van der Waals surface area contributed by atoms with E-state index >= 15 is 0 Å². The SMILES string of the molecule is O=C(O)C1(Cn2nnnc2C2CCCC2)CCCC1. The second-order valence-electron chi connectivity index (χ2n) is 5.97. The van der Waals surface area contributed by atoms with Gasteiger partial charge in [-0.3, -0.25) is 4.79 Å². The molecule has 2 saturated carbocycles. The topological polar surface area (TPSA) is 80.9 Å². The molecule has 2 aliphatic rings. The zero-order chi connectivity index (χ0) is 13.3. The molecule has 0 atom stereocenters. The van der Waals surface area contributed by atoms with Crippen LogP contribution in [-0.2, 0) is 11.3 Å². The summed E-state index contributed by atoms with van der Waals surface area (Å²) in [5, 5.41) is 21.5. The van der Waals surface area contributed by atoms with Crippen LogP contribution in [0.15, 0.2) is 0 Å². The van der Waals surface area contributed by atoms with Crippen LogP contribution in [0.25, 0.3) is 0 Å². The van der Waals surface area contributed by atoms with Crippen molar-refractivity contribution in [3.8, 4) is 0 Å². The zero-order valence-corrected chi connectivity index (χ0v) is 11.1. The number of rotatable bonds is 4. The van der Waals surface area contributed by atoms with E-state index in [1.807, 2.05) is 0 Å². The third-order valence-corrected chi connectivity index (χ3v) is 4.75. The molecule has 2 aliphatic carbocycles. The summed E-state index contributed by atoms with van der Waals surface area (Å²) < 4.78 is 1.76. The molecule has 0 radical (unpaired) electrons. The number of hydrogen-bond acceptors (Lipinski definition) is 4. The Morgan fingerprint density at radius 3 is 2.58 bits per heavy atom. The molecule has 1 heterocycles. The van der Waals surface area contributed by atoms with Crippen LogP contribution in [0.3, 0.4) is 0 Å². The zero-order valence-electron chi connectivity index (χ0n) is 11.1. The molecule has 0 bridgehead atoms. The lowest BCUT2D eigenvalue weighted by molar-refractivity contribution is -0.149. The van der Waals surface area contributed by atoms with E-state index in [0.29, 0.717) is 12.5 Å². The van der Waals surface area contributed by atoms with Crippen LogP contribution >= 0.6 is 0 Å². The molecule has 0 aliphatic heterocycles. The fourth-order valence-corrected chi connectivity index (χ4v) is 3.58. The number of carbonyl (C=O) groups is 1. The molecule has 19 heavy (non-hydrogen) atoms. The number of nitrogens with zero attached hydrogens (tertiary/aromatic N) is 4. The molecule has 2 fully saturated rings. The summed E-state index contributed by atoms with van der Waals surface area (Å²) in [5.74, 6) is 0.616. The summed E-state index contributed by atoms with van der Waals surface area (Å²) in [5.41, 5.74) is -0.650. The van der Waals surface area contributed by atoms with Crippen LogP contribution in [0.1, 0.15) is 63.1 Å². The highest BCUT2D eigenvalue weighted by atomic mass is 16.4. The van der Waals surface area contributed by atoms with Crippen LogP contribution in [0, 0.1) is 5.41 Å². The first-order valence-electron chi connectivity index (χ1n) is 7.21. The summed E-state index contributed by atoms with van der Waals surface area (Å²) in [6.45, 7) is 0.432. The smallest absolute Gasteiger partial charge is 0.311 e. The second-order valence-corrected chi connectivity index (χ2v) is 5.97. The van der Waals surface area contributed by atoms with E-state index in [9.17, 15) is 9.90 Å². The van der Waals surface area contributed by atoms with Crippen LogP contribution in [0.4, 0.5) is 0 Å². The molecule has 0 spiro atoms. The molecule has 0 aromatic carbocycles. The molecule has 6 nitrogen and oxygen atoms in total. The first kappa shape index (κ1) is 12.6. The normalized spacial score (nSPS) is 22.9. The Kier molecular flexibility index (Phi) is 3.24. The largest absolute Gasteiger partial charge is 0.481 e. The highest BCUT2D eigenvalue weighted by Gasteiger charge is 2.43.